The van der Waals surface area contributed by atoms with Crippen LogP contribution < -0.4 is 0 Å². The molecule has 0 amide bonds. The third-order valence-corrected chi connectivity index (χ3v) is 4.12. The van der Waals surface area contributed by atoms with Crippen LogP contribution in [0.1, 0.15) is 31.3 Å². The lowest BCUT2D eigenvalue weighted by atomic mass is 10.2. The van der Waals surface area contributed by atoms with Crippen molar-refractivity contribution < 1.29 is 13.2 Å². The minimum atomic E-state index is -4.31. The van der Waals surface area contributed by atoms with Gasteiger partial charge in [0.1, 0.15) is 16.9 Å². The van der Waals surface area contributed by atoms with Gasteiger partial charge < -0.3 is 0 Å². The van der Waals surface area contributed by atoms with Gasteiger partial charge in [-0.15, -0.1) is 11.6 Å². The first-order valence-electron chi connectivity index (χ1n) is 6.43. The van der Waals surface area contributed by atoms with Crippen molar-refractivity contribution in [1.82, 2.24) is 19.3 Å². The molecule has 0 atom stereocenters. The highest BCUT2D eigenvalue weighted by Gasteiger charge is 2.66. The van der Waals surface area contributed by atoms with E-state index in [-0.39, 0.29) is 24.5 Å². The fourth-order valence-corrected chi connectivity index (χ4v) is 2.90. The number of hydrogen-bond donors (Lipinski definition) is 0. The maximum Gasteiger partial charge on any atom is 0.412 e. The van der Waals surface area contributed by atoms with Gasteiger partial charge in [-0.05, 0) is 26.7 Å². The topological polar surface area (TPSA) is 35.6 Å². The van der Waals surface area contributed by atoms with Crippen molar-refractivity contribution in [1.29, 1.82) is 0 Å². The first-order chi connectivity index (χ1) is 9.35. The van der Waals surface area contributed by atoms with Crippen LogP contribution in [0.3, 0.4) is 0 Å². The number of nitrogens with zero attached hydrogens (tertiary/aromatic N) is 4. The highest BCUT2D eigenvalue weighted by Crippen LogP contribution is 2.57. The molecule has 4 nitrogen and oxygen atoms in total. The molecule has 2 aromatic heterocycles. The van der Waals surface area contributed by atoms with E-state index >= 15 is 0 Å². The van der Waals surface area contributed by atoms with E-state index in [4.69, 9.17) is 11.6 Å². The Labute approximate surface area is 118 Å². The maximum atomic E-state index is 13.4. The molecule has 8 heteroatoms. The molecular formula is C12H14ClF3N4. The zero-order chi connectivity index (χ0) is 14.7. The number of fused-ring (bicyclic) bond motifs is 1. The zero-order valence-electron chi connectivity index (χ0n) is 11.1. The molecule has 0 spiro atoms. The van der Waals surface area contributed by atoms with Crippen molar-refractivity contribution in [3.63, 3.8) is 0 Å². The summed E-state index contributed by atoms with van der Waals surface area (Å²) in [7, 11) is 0. The van der Waals surface area contributed by atoms with E-state index in [2.05, 4.69) is 10.1 Å². The number of aryl methyl sites for hydroxylation is 2. The average molecular weight is 307 g/mol. The Kier molecular flexibility index (Phi) is 2.83. The maximum absolute atomic E-state index is 13.4. The molecule has 2 heterocycles. The molecule has 0 bridgehead atoms. The summed E-state index contributed by atoms with van der Waals surface area (Å²) < 4.78 is 43.1. The molecule has 3 rings (SSSR count). The van der Waals surface area contributed by atoms with Crippen LogP contribution in [0.5, 0.6) is 0 Å². The van der Waals surface area contributed by atoms with Gasteiger partial charge in [-0.2, -0.15) is 18.3 Å². The molecule has 0 radical (unpaired) electrons. The number of aromatic nitrogens is 4. The normalized spacial score (nSPS) is 17.9. The summed E-state index contributed by atoms with van der Waals surface area (Å²) in [5, 5.41) is 4.25. The van der Waals surface area contributed by atoms with Crippen LogP contribution in [0.25, 0.3) is 11.2 Å². The van der Waals surface area contributed by atoms with Gasteiger partial charge in [0.05, 0.1) is 11.6 Å². The number of halogens is 4. The molecule has 1 aliphatic rings. The number of rotatable bonds is 3. The minimum Gasteiger partial charge on any atom is -0.296 e. The van der Waals surface area contributed by atoms with Gasteiger partial charge in [0.25, 0.3) is 0 Å². The van der Waals surface area contributed by atoms with Crippen molar-refractivity contribution in [2.24, 2.45) is 0 Å². The number of hydrogen-bond acceptors (Lipinski definition) is 2. The monoisotopic (exact) mass is 306 g/mol. The van der Waals surface area contributed by atoms with Crippen molar-refractivity contribution in [3.05, 3.63) is 11.5 Å². The minimum absolute atomic E-state index is 0.0460. The summed E-state index contributed by atoms with van der Waals surface area (Å²) in [6.07, 6.45) is -4.17. The molecule has 1 aliphatic carbocycles. The third-order valence-electron chi connectivity index (χ3n) is 3.88. The Balaban J connectivity index is 2.34. The van der Waals surface area contributed by atoms with Crippen LogP contribution >= 0.6 is 11.6 Å². The smallest absolute Gasteiger partial charge is 0.296 e. The Morgan fingerprint density at radius 2 is 2.00 bits per heavy atom. The van der Waals surface area contributed by atoms with E-state index < -0.39 is 11.7 Å². The summed E-state index contributed by atoms with van der Waals surface area (Å²) in [4.78, 5) is 4.27. The van der Waals surface area contributed by atoms with Crippen LogP contribution in [0.15, 0.2) is 0 Å². The van der Waals surface area contributed by atoms with Gasteiger partial charge in [0.2, 0.25) is 0 Å². The van der Waals surface area contributed by atoms with Crippen molar-refractivity contribution in [2.75, 3.05) is 0 Å². The first-order valence-corrected chi connectivity index (χ1v) is 6.97. The van der Waals surface area contributed by atoms with E-state index in [0.717, 1.165) is 0 Å². The molecule has 20 heavy (non-hydrogen) atoms. The van der Waals surface area contributed by atoms with Gasteiger partial charge in [0, 0.05) is 6.54 Å². The van der Waals surface area contributed by atoms with E-state index in [1.54, 1.807) is 11.6 Å². The van der Waals surface area contributed by atoms with Crippen LogP contribution in [-0.4, -0.2) is 25.5 Å². The SMILES string of the molecule is CCn1nc(C)c2nc(CCl)n(C3(C(F)(F)F)CC3)c21. The molecule has 0 unspecified atom stereocenters. The third kappa shape index (κ3) is 1.62. The zero-order valence-corrected chi connectivity index (χ0v) is 11.9. The summed E-state index contributed by atoms with van der Waals surface area (Å²) in [5.74, 6) is 0.217. The van der Waals surface area contributed by atoms with Crippen LogP contribution in [0, 0.1) is 6.92 Å². The Hall–Kier alpha value is -1.24. The van der Waals surface area contributed by atoms with E-state index in [9.17, 15) is 13.2 Å². The van der Waals surface area contributed by atoms with E-state index in [0.29, 0.717) is 23.4 Å². The summed E-state index contributed by atoms with van der Waals surface area (Å²) in [6, 6.07) is 0. The highest BCUT2D eigenvalue weighted by atomic mass is 35.5. The molecule has 110 valence electrons. The lowest BCUT2D eigenvalue weighted by Crippen LogP contribution is -2.36. The Morgan fingerprint density at radius 3 is 2.45 bits per heavy atom. The lowest BCUT2D eigenvalue weighted by Gasteiger charge is -2.23. The first kappa shape index (κ1) is 13.7. The average Bonchev–Trinajstić information content (AvgIpc) is 3.01. The second-order valence-electron chi connectivity index (χ2n) is 5.10. The van der Waals surface area contributed by atoms with Gasteiger partial charge in [-0.25, -0.2) is 9.67 Å². The second-order valence-corrected chi connectivity index (χ2v) is 5.37. The molecule has 0 saturated heterocycles. The lowest BCUT2D eigenvalue weighted by molar-refractivity contribution is -0.179. The fourth-order valence-electron chi connectivity index (χ4n) is 2.73. The number of alkyl halides is 4. The largest absolute Gasteiger partial charge is 0.412 e. The molecule has 2 aromatic rings. The van der Waals surface area contributed by atoms with Crippen molar-refractivity contribution in [3.8, 4) is 0 Å². The molecule has 0 aliphatic heterocycles. The quantitative estimate of drug-likeness (QED) is 0.815. The molecule has 1 fully saturated rings. The predicted octanol–water partition coefficient (Wildman–Crippen LogP) is 3.35. The second kappa shape index (κ2) is 4.13. The van der Waals surface area contributed by atoms with Gasteiger partial charge in [-0.1, -0.05) is 0 Å². The fraction of sp³-hybridized carbons (Fsp3) is 0.667. The predicted molar refractivity (Wildman–Crippen MR) is 68.7 cm³/mol. The van der Waals surface area contributed by atoms with Crippen LogP contribution in [0.2, 0.25) is 0 Å². The van der Waals surface area contributed by atoms with Gasteiger partial charge in [-0.3, -0.25) is 4.57 Å². The number of imidazole rings is 1. The highest BCUT2D eigenvalue weighted by molar-refractivity contribution is 6.16. The summed E-state index contributed by atoms with van der Waals surface area (Å²) >= 11 is 5.81. The standard InChI is InChI=1S/C12H14ClF3N4/c1-3-19-10-9(7(2)18-19)17-8(6-13)20(10)11(4-5-11)12(14,15)16/h3-6H2,1-2H3. The van der Waals surface area contributed by atoms with E-state index in [1.807, 2.05) is 6.92 Å². The van der Waals surface area contributed by atoms with Crippen molar-refractivity contribution in [2.45, 2.75) is 50.8 Å². The van der Waals surface area contributed by atoms with Crippen LogP contribution in [0.4, 0.5) is 13.2 Å². The summed E-state index contributed by atoms with van der Waals surface area (Å²) in [5.41, 5.74) is -0.288. The van der Waals surface area contributed by atoms with E-state index in [1.165, 1.54) is 4.57 Å². The molecule has 0 N–H and O–H groups in total. The van der Waals surface area contributed by atoms with Gasteiger partial charge in [0.15, 0.2) is 5.65 Å². The Morgan fingerprint density at radius 1 is 1.35 bits per heavy atom. The van der Waals surface area contributed by atoms with Crippen LogP contribution in [-0.2, 0) is 18.0 Å². The molecule has 1 saturated carbocycles. The van der Waals surface area contributed by atoms with Crippen molar-refractivity contribution >= 4 is 22.8 Å². The molecular weight excluding hydrogens is 293 g/mol. The molecule has 0 aromatic carbocycles. The van der Waals surface area contributed by atoms with Gasteiger partial charge >= 0.3 is 6.18 Å². The Bertz CT molecular complexity index is 666. The summed E-state index contributed by atoms with van der Waals surface area (Å²) in [6.45, 7) is 4.08.